The van der Waals surface area contributed by atoms with Crippen LogP contribution in [-0.2, 0) is 9.59 Å². The third kappa shape index (κ3) is 4.22. The molecule has 98 valence electrons. The van der Waals surface area contributed by atoms with Crippen molar-refractivity contribution in [2.24, 2.45) is 5.73 Å². The lowest BCUT2D eigenvalue weighted by atomic mass is 10.1. The first-order valence-electron chi connectivity index (χ1n) is 5.18. The van der Waals surface area contributed by atoms with E-state index in [9.17, 15) is 22.8 Å². The van der Waals surface area contributed by atoms with E-state index >= 15 is 0 Å². The molecule has 0 aliphatic carbocycles. The third-order valence-electron chi connectivity index (χ3n) is 2.52. The van der Waals surface area contributed by atoms with E-state index in [0.29, 0.717) is 12.8 Å². The van der Waals surface area contributed by atoms with E-state index in [1.165, 1.54) is 0 Å². The Morgan fingerprint density at radius 2 is 2.06 bits per heavy atom. The Morgan fingerprint density at radius 3 is 2.59 bits per heavy atom. The van der Waals surface area contributed by atoms with Gasteiger partial charge in [-0.25, -0.2) is 0 Å². The van der Waals surface area contributed by atoms with Gasteiger partial charge in [0.25, 0.3) is 0 Å². The van der Waals surface area contributed by atoms with Crippen molar-refractivity contribution in [2.75, 3.05) is 19.6 Å². The molecule has 0 aromatic rings. The highest BCUT2D eigenvalue weighted by Gasteiger charge is 2.43. The third-order valence-corrected chi connectivity index (χ3v) is 2.52. The Kier molecular flexibility index (Phi) is 4.33. The number of primary amides is 1. The van der Waals surface area contributed by atoms with Crippen LogP contribution < -0.4 is 11.1 Å². The van der Waals surface area contributed by atoms with E-state index in [0.717, 1.165) is 4.90 Å². The smallest absolute Gasteiger partial charge is 0.369 e. The Morgan fingerprint density at radius 1 is 1.41 bits per heavy atom. The van der Waals surface area contributed by atoms with Crippen LogP contribution in [0, 0.1) is 0 Å². The Bertz CT molecular complexity index is 306. The molecule has 1 saturated heterocycles. The van der Waals surface area contributed by atoms with Crippen LogP contribution in [0.4, 0.5) is 13.2 Å². The van der Waals surface area contributed by atoms with Gasteiger partial charge in [0.1, 0.15) is 0 Å². The predicted octanol–water partition coefficient (Wildman–Crippen LogP) is -0.385. The van der Waals surface area contributed by atoms with E-state index in [1.54, 1.807) is 0 Å². The molecule has 0 spiro atoms. The van der Waals surface area contributed by atoms with Crippen molar-refractivity contribution in [3.8, 4) is 0 Å². The summed E-state index contributed by atoms with van der Waals surface area (Å²) in [5.41, 5.74) is 4.91. The lowest BCUT2D eigenvalue weighted by Crippen LogP contribution is -2.52. The lowest BCUT2D eigenvalue weighted by Gasteiger charge is -2.33. The van der Waals surface area contributed by atoms with Gasteiger partial charge in [0.15, 0.2) is 0 Å². The highest BCUT2D eigenvalue weighted by molar-refractivity contribution is 5.82. The normalized spacial score (nSPS) is 21.4. The average molecular weight is 253 g/mol. The Hall–Kier alpha value is -1.31. The van der Waals surface area contributed by atoms with Gasteiger partial charge < -0.3 is 16.0 Å². The number of amides is 2. The minimum Gasteiger partial charge on any atom is -0.369 e. The molecule has 5 nitrogen and oxygen atoms in total. The molecule has 1 fully saturated rings. The maximum atomic E-state index is 12.2. The summed E-state index contributed by atoms with van der Waals surface area (Å²) < 4.78 is 36.6. The number of likely N-dealkylation sites (tertiary alicyclic amines) is 1. The number of piperidine rings is 1. The summed E-state index contributed by atoms with van der Waals surface area (Å²) in [6.45, 7) is -0.0581. The number of carbonyl (C=O) groups excluding carboxylic acids is 2. The Balaban J connectivity index is 2.49. The maximum Gasteiger partial charge on any atom is 0.471 e. The number of halogens is 3. The topological polar surface area (TPSA) is 75.4 Å². The van der Waals surface area contributed by atoms with Crippen LogP contribution in [-0.4, -0.2) is 48.6 Å². The van der Waals surface area contributed by atoms with E-state index < -0.39 is 18.0 Å². The van der Waals surface area contributed by atoms with Gasteiger partial charge in [-0.2, -0.15) is 13.2 Å². The number of nitrogens with zero attached hydrogens (tertiary/aromatic N) is 1. The predicted molar refractivity (Wildman–Crippen MR) is 52.9 cm³/mol. The second-order valence-corrected chi connectivity index (χ2v) is 3.94. The number of hydrogen-bond acceptors (Lipinski definition) is 3. The van der Waals surface area contributed by atoms with Gasteiger partial charge in [0.05, 0.1) is 6.54 Å². The average Bonchev–Trinajstić information content (AvgIpc) is 2.24. The second kappa shape index (κ2) is 5.35. The fourth-order valence-corrected chi connectivity index (χ4v) is 1.75. The molecule has 17 heavy (non-hydrogen) atoms. The van der Waals surface area contributed by atoms with E-state index in [2.05, 4.69) is 5.32 Å². The molecule has 0 radical (unpaired) electrons. The summed E-state index contributed by atoms with van der Waals surface area (Å²) >= 11 is 0. The fourth-order valence-electron chi connectivity index (χ4n) is 1.75. The number of hydrogen-bond donors (Lipinski definition) is 2. The molecule has 1 unspecified atom stereocenters. The molecule has 0 saturated carbocycles. The molecule has 2 amide bonds. The molecular weight excluding hydrogens is 239 g/mol. The summed E-state index contributed by atoms with van der Waals surface area (Å²) in [7, 11) is 0. The molecule has 1 heterocycles. The quantitative estimate of drug-likeness (QED) is 0.719. The van der Waals surface area contributed by atoms with Gasteiger partial charge >= 0.3 is 12.1 Å². The van der Waals surface area contributed by atoms with Crippen LogP contribution in [0.1, 0.15) is 12.8 Å². The van der Waals surface area contributed by atoms with Gasteiger partial charge in [-0.05, 0) is 12.8 Å². The van der Waals surface area contributed by atoms with Crippen molar-refractivity contribution in [1.82, 2.24) is 10.2 Å². The van der Waals surface area contributed by atoms with E-state index in [-0.39, 0.29) is 25.7 Å². The standard InChI is InChI=1S/C9H14F3N3O2/c10-9(11,12)8(17)15-3-1-2-6(5-15)14-4-7(13)16/h6,14H,1-5H2,(H2,13,16). The minimum atomic E-state index is -4.84. The number of rotatable bonds is 3. The maximum absolute atomic E-state index is 12.2. The molecule has 3 N–H and O–H groups in total. The first-order valence-corrected chi connectivity index (χ1v) is 5.18. The molecule has 0 bridgehead atoms. The van der Waals surface area contributed by atoms with E-state index in [1.807, 2.05) is 0 Å². The van der Waals surface area contributed by atoms with E-state index in [4.69, 9.17) is 5.73 Å². The summed E-state index contributed by atoms with van der Waals surface area (Å²) in [6, 6.07) is -0.317. The van der Waals surface area contributed by atoms with Crippen LogP contribution in [0.5, 0.6) is 0 Å². The van der Waals surface area contributed by atoms with Gasteiger partial charge in [-0.3, -0.25) is 9.59 Å². The zero-order valence-corrected chi connectivity index (χ0v) is 9.09. The molecule has 1 aliphatic rings. The number of alkyl halides is 3. The molecular formula is C9H14F3N3O2. The van der Waals surface area contributed by atoms with Crippen molar-refractivity contribution >= 4 is 11.8 Å². The van der Waals surface area contributed by atoms with Crippen molar-refractivity contribution < 1.29 is 22.8 Å². The van der Waals surface area contributed by atoms with Crippen LogP contribution in [0.2, 0.25) is 0 Å². The van der Waals surface area contributed by atoms with Gasteiger partial charge in [-0.1, -0.05) is 0 Å². The molecule has 1 rings (SSSR count). The van der Waals surface area contributed by atoms with Crippen LogP contribution in [0.15, 0.2) is 0 Å². The summed E-state index contributed by atoms with van der Waals surface area (Å²) in [6.07, 6.45) is -3.75. The molecule has 1 aliphatic heterocycles. The molecule has 0 aromatic heterocycles. The van der Waals surface area contributed by atoms with Gasteiger partial charge in [0, 0.05) is 19.1 Å². The van der Waals surface area contributed by atoms with Gasteiger partial charge in [-0.15, -0.1) is 0 Å². The minimum absolute atomic E-state index is 0.0500. The Labute approximate surface area is 96.1 Å². The first kappa shape index (κ1) is 13.8. The van der Waals surface area contributed by atoms with Gasteiger partial charge in [0.2, 0.25) is 5.91 Å². The highest BCUT2D eigenvalue weighted by Crippen LogP contribution is 2.21. The zero-order chi connectivity index (χ0) is 13.1. The number of nitrogens with two attached hydrogens (primary N) is 1. The number of carbonyl (C=O) groups is 2. The first-order chi connectivity index (χ1) is 7.80. The summed E-state index contributed by atoms with van der Waals surface area (Å²) in [4.78, 5) is 22.3. The molecule has 0 aromatic carbocycles. The SMILES string of the molecule is NC(=O)CNC1CCCN(C(=O)C(F)(F)F)C1. The van der Waals surface area contributed by atoms with Crippen molar-refractivity contribution in [1.29, 1.82) is 0 Å². The monoisotopic (exact) mass is 253 g/mol. The molecule has 8 heteroatoms. The van der Waals surface area contributed by atoms with Crippen LogP contribution in [0.3, 0.4) is 0 Å². The summed E-state index contributed by atoms with van der Waals surface area (Å²) in [5, 5.41) is 2.72. The molecule has 1 atom stereocenters. The fraction of sp³-hybridized carbons (Fsp3) is 0.778. The lowest BCUT2D eigenvalue weighted by molar-refractivity contribution is -0.186. The van der Waals surface area contributed by atoms with Crippen LogP contribution >= 0.6 is 0 Å². The van der Waals surface area contributed by atoms with Crippen molar-refractivity contribution in [2.45, 2.75) is 25.1 Å². The summed E-state index contributed by atoms with van der Waals surface area (Å²) in [5.74, 6) is -2.41. The van der Waals surface area contributed by atoms with Crippen LogP contribution in [0.25, 0.3) is 0 Å². The second-order valence-electron chi connectivity index (χ2n) is 3.94. The van der Waals surface area contributed by atoms with Crippen molar-refractivity contribution in [3.05, 3.63) is 0 Å². The number of nitrogens with one attached hydrogen (secondary N) is 1. The van der Waals surface area contributed by atoms with Crippen molar-refractivity contribution in [3.63, 3.8) is 0 Å². The highest BCUT2D eigenvalue weighted by atomic mass is 19.4. The largest absolute Gasteiger partial charge is 0.471 e. The zero-order valence-electron chi connectivity index (χ0n) is 9.09.